The van der Waals surface area contributed by atoms with Crippen molar-refractivity contribution < 1.29 is 30.8 Å². The van der Waals surface area contributed by atoms with Crippen LogP contribution in [0.15, 0.2) is 4.99 Å². The van der Waals surface area contributed by atoms with Gasteiger partial charge in [0.05, 0.1) is 18.1 Å². The number of aliphatic carboxylic acids is 1. The van der Waals surface area contributed by atoms with Gasteiger partial charge in [0, 0.05) is 18.9 Å². The molecule has 0 aliphatic heterocycles. The third-order valence-corrected chi connectivity index (χ3v) is 4.72. The topological polar surface area (TPSA) is 214 Å². The highest BCUT2D eigenvalue weighted by Crippen LogP contribution is 2.39. The Morgan fingerprint density at radius 2 is 1.76 bits per heavy atom. The van der Waals surface area contributed by atoms with Crippen LogP contribution in [0.5, 0.6) is 0 Å². The van der Waals surface area contributed by atoms with Crippen LogP contribution in [0.1, 0.15) is 40.0 Å². The molecule has 1 aliphatic carbocycles. The molecule has 1 amide bonds. The van der Waals surface area contributed by atoms with Crippen molar-refractivity contribution in [3.8, 4) is 0 Å². The SMILES string of the molecule is CCC(CC)C(NC(C)=O)[C@H]1[C@H](O)[C@@H](C(=O)O)C[C@H]1N=C(N)N.O.O. The van der Waals surface area contributed by atoms with Crippen LogP contribution in [0, 0.1) is 17.8 Å². The summed E-state index contributed by atoms with van der Waals surface area (Å²) < 4.78 is 0. The minimum atomic E-state index is -1.11. The van der Waals surface area contributed by atoms with Crippen molar-refractivity contribution in [3.05, 3.63) is 0 Å². The van der Waals surface area contributed by atoms with E-state index in [1.54, 1.807) is 0 Å². The maximum absolute atomic E-state index is 11.6. The van der Waals surface area contributed by atoms with Gasteiger partial charge in [0.1, 0.15) is 0 Å². The van der Waals surface area contributed by atoms with Gasteiger partial charge in [-0.1, -0.05) is 26.7 Å². The van der Waals surface area contributed by atoms with E-state index in [4.69, 9.17) is 11.5 Å². The van der Waals surface area contributed by atoms with Crippen LogP contribution in [-0.2, 0) is 9.59 Å². The number of amides is 1. The number of nitrogens with zero attached hydrogens (tertiary/aromatic N) is 1. The molecule has 148 valence electrons. The van der Waals surface area contributed by atoms with E-state index in [1.165, 1.54) is 6.92 Å². The first-order valence-electron chi connectivity index (χ1n) is 7.99. The summed E-state index contributed by atoms with van der Waals surface area (Å²) in [7, 11) is 0. The lowest BCUT2D eigenvalue weighted by Crippen LogP contribution is -2.51. The van der Waals surface area contributed by atoms with Gasteiger partial charge in [-0.05, 0) is 12.3 Å². The van der Waals surface area contributed by atoms with Gasteiger partial charge in [0.15, 0.2) is 5.96 Å². The van der Waals surface area contributed by atoms with Crippen LogP contribution < -0.4 is 16.8 Å². The van der Waals surface area contributed by atoms with Crippen LogP contribution in [0.25, 0.3) is 0 Å². The van der Waals surface area contributed by atoms with E-state index >= 15 is 0 Å². The van der Waals surface area contributed by atoms with Gasteiger partial charge in [0.25, 0.3) is 0 Å². The van der Waals surface area contributed by atoms with Crippen molar-refractivity contribution in [2.75, 3.05) is 0 Å². The number of aliphatic hydroxyl groups excluding tert-OH is 1. The third kappa shape index (κ3) is 6.15. The summed E-state index contributed by atoms with van der Waals surface area (Å²) in [4.78, 5) is 27.1. The largest absolute Gasteiger partial charge is 0.481 e. The van der Waals surface area contributed by atoms with E-state index in [0.29, 0.717) is 0 Å². The highest BCUT2D eigenvalue weighted by atomic mass is 16.4. The summed E-state index contributed by atoms with van der Waals surface area (Å²) in [6.07, 6.45) is 0.612. The Bertz CT molecular complexity index is 465. The number of carbonyl (C=O) groups is 2. The molecule has 0 bridgehead atoms. The Balaban J connectivity index is 0. The number of aliphatic imine (C=N–C) groups is 1. The average molecular weight is 364 g/mol. The molecule has 10 nitrogen and oxygen atoms in total. The van der Waals surface area contributed by atoms with Gasteiger partial charge in [0.2, 0.25) is 5.91 Å². The number of carbonyl (C=O) groups excluding carboxylic acids is 1. The van der Waals surface area contributed by atoms with Gasteiger partial charge in [-0.3, -0.25) is 9.59 Å². The molecule has 10 heteroatoms. The minimum absolute atomic E-state index is 0. The molecule has 0 saturated heterocycles. The Hall–Kier alpha value is -1.91. The number of hydrogen-bond acceptors (Lipinski definition) is 4. The molecule has 0 heterocycles. The molecule has 0 spiro atoms. The molecule has 0 radical (unpaired) electrons. The fourth-order valence-corrected chi connectivity index (χ4v) is 3.64. The second kappa shape index (κ2) is 10.9. The van der Waals surface area contributed by atoms with Crippen LogP contribution in [0.3, 0.4) is 0 Å². The number of guanidine groups is 1. The molecular formula is C15H32N4O6. The maximum atomic E-state index is 11.6. The number of hydrogen-bond donors (Lipinski definition) is 5. The standard InChI is InChI=1S/C15H28N4O4.2H2O/c1-4-8(5-2)12(18-7(3)20)11-10(19-15(16)17)6-9(13(11)21)14(22)23;;/h8-13,21H,4-6H2,1-3H3,(H,18,20)(H,22,23)(H4,16,17,19);2*1H2/t9-,10+,11-,12?,13+;;/m0../s1. The fourth-order valence-electron chi connectivity index (χ4n) is 3.64. The highest BCUT2D eigenvalue weighted by molar-refractivity contribution is 5.76. The third-order valence-electron chi connectivity index (χ3n) is 4.72. The van der Waals surface area contributed by atoms with Crippen molar-refractivity contribution in [2.24, 2.45) is 34.2 Å². The number of rotatable bonds is 7. The number of carboxylic acids is 1. The van der Waals surface area contributed by atoms with E-state index in [2.05, 4.69) is 10.3 Å². The smallest absolute Gasteiger partial charge is 0.309 e. The van der Waals surface area contributed by atoms with Gasteiger partial charge in [-0.25, -0.2) is 4.99 Å². The molecule has 11 N–H and O–H groups in total. The summed E-state index contributed by atoms with van der Waals surface area (Å²) >= 11 is 0. The first-order valence-corrected chi connectivity index (χ1v) is 7.99. The Morgan fingerprint density at radius 3 is 2.12 bits per heavy atom. The van der Waals surface area contributed by atoms with E-state index in [1.807, 2.05) is 13.8 Å². The van der Waals surface area contributed by atoms with Crippen molar-refractivity contribution >= 4 is 17.8 Å². The number of carboxylic acid groups (broad SMARTS) is 1. The molecular weight excluding hydrogens is 332 g/mol. The first-order chi connectivity index (χ1) is 10.7. The Morgan fingerprint density at radius 1 is 1.24 bits per heavy atom. The number of aliphatic hydroxyl groups is 1. The zero-order valence-corrected chi connectivity index (χ0v) is 14.9. The van der Waals surface area contributed by atoms with Gasteiger partial charge in [-0.15, -0.1) is 0 Å². The molecule has 0 aromatic rings. The fraction of sp³-hybridized carbons (Fsp3) is 0.800. The average Bonchev–Trinajstić information content (AvgIpc) is 2.74. The van der Waals surface area contributed by atoms with Crippen molar-refractivity contribution in [1.82, 2.24) is 5.32 Å². The van der Waals surface area contributed by atoms with E-state index in [-0.39, 0.29) is 41.2 Å². The maximum Gasteiger partial charge on any atom is 0.309 e. The summed E-state index contributed by atoms with van der Waals surface area (Å²) in [5, 5.41) is 22.7. The molecule has 1 aliphatic rings. The Labute approximate surface area is 147 Å². The van der Waals surface area contributed by atoms with E-state index in [9.17, 15) is 19.8 Å². The normalized spacial score (nSPS) is 26.1. The second-order valence-corrected chi connectivity index (χ2v) is 6.17. The summed E-state index contributed by atoms with van der Waals surface area (Å²) in [6.45, 7) is 5.39. The molecule has 1 rings (SSSR count). The van der Waals surface area contributed by atoms with Crippen LogP contribution >= 0.6 is 0 Å². The summed E-state index contributed by atoms with van der Waals surface area (Å²) in [6, 6.07) is -0.913. The lowest BCUT2D eigenvalue weighted by Gasteiger charge is -2.35. The van der Waals surface area contributed by atoms with Crippen molar-refractivity contribution in [3.63, 3.8) is 0 Å². The minimum Gasteiger partial charge on any atom is -0.481 e. The first kappa shape index (κ1) is 25.3. The monoisotopic (exact) mass is 364 g/mol. The van der Waals surface area contributed by atoms with Crippen LogP contribution in [-0.4, -0.2) is 57.2 Å². The molecule has 0 aromatic carbocycles. The highest BCUT2D eigenvalue weighted by Gasteiger charge is 2.50. The van der Waals surface area contributed by atoms with E-state index in [0.717, 1.165) is 12.8 Å². The molecule has 1 unspecified atom stereocenters. The molecule has 5 atom stereocenters. The predicted octanol–water partition coefficient (Wildman–Crippen LogP) is -2.00. The molecule has 1 saturated carbocycles. The lowest BCUT2D eigenvalue weighted by molar-refractivity contribution is -0.145. The van der Waals surface area contributed by atoms with Crippen molar-refractivity contribution in [2.45, 2.75) is 58.2 Å². The summed E-state index contributed by atoms with van der Waals surface area (Å²) in [5.41, 5.74) is 10.9. The lowest BCUT2D eigenvalue weighted by atomic mass is 9.80. The quantitative estimate of drug-likeness (QED) is 0.254. The Kier molecular flexibility index (Phi) is 11.0. The molecule has 1 fully saturated rings. The van der Waals surface area contributed by atoms with Crippen molar-refractivity contribution in [1.29, 1.82) is 0 Å². The molecule has 0 aromatic heterocycles. The number of nitrogens with two attached hydrogens (primary N) is 2. The van der Waals surface area contributed by atoms with E-state index < -0.39 is 30.0 Å². The van der Waals surface area contributed by atoms with Crippen LogP contribution in [0.4, 0.5) is 0 Å². The van der Waals surface area contributed by atoms with Gasteiger partial charge < -0.3 is 37.9 Å². The van der Waals surface area contributed by atoms with Crippen LogP contribution in [0.2, 0.25) is 0 Å². The summed E-state index contributed by atoms with van der Waals surface area (Å²) in [5.74, 6) is -2.84. The van der Waals surface area contributed by atoms with Gasteiger partial charge >= 0.3 is 5.97 Å². The second-order valence-electron chi connectivity index (χ2n) is 6.17. The predicted molar refractivity (Wildman–Crippen MR) is 93.7 cm³/mol. The zero-order chi connectivity index (χ0) is 17.7. The van der Waals surface area contributed by atoms with Gasteiger partial charge in [-0.2, -0.15) is 0 Å². The zero-order valence-electron chi connectivity index (χ0n) is 14.9. The number of nitrogens with one attached hydrogen (secondary N) is 1. The molecule has 25 heavy (non-hydrogen) atoms.